The molecule has 1 saturated heterocycles. The normalized spacial score (nSPS) is 19.1. The van der Waals surface area contributed by atoms with Crippen LogP contribution in [0.1, 0.15) is 37.8 Å². The standard InChI is InChI=1S/C21H30N2O5/c1-21(2,19(24)22-12-16-6-5-9-28-16)20(25)23-8-7-14-10-17(26-3)18(27-4)11-15(14)13-23/h10-11,16H,5-9,12-13H2,1-4H3,(H,22,24). The number of methoxy groups -OCH3 is 2. The Bertz CT molecular complexity index is 741. The van der Waals surface area contributed by atoms with Crippen LogP contribution in [-0.2, 0) is 27.3 Å². The first kappa shape index (κ1) is 20.5. The first-order valence-corrected chi connectivity index (χ1v) is 9.80. The lowest BCUT2D eigenvalue weighted by molar-refractivity contribution is -0.149. The summed E-state index contributed by atoms with van der Waals surface area (Å²) in [6.45, 7) is 5.59. The van der Waals surface area contributed by atoms with Crippen molar-refractivity contribution in [3.63, 3.8) is 0 Å². The number of amides is 2. The van der Waals surface area contributed by atoms with E-state index >= 15 is 0 Å². The van der Waals surface area contributed by atoms with Gasteiger partial charge in [0, 0.05) is 26.2 Å². The van der Waals surface area contributed by atoms with Crippen LogP contribution in [-0.4, -0.2) is 56.7 Å². The molecular formula is C21H30N2O5. The minimum absolute atomic E-state index is 0.0548. The number of carbonyl (C=O) groups excluding carboxylic acids is 2. The molecule has 0 aromatic heterocycles. The molecule has 2 aliphatic heterocycles. The molecule has 3 rings (SSSR count). The fraction of sp³-hybridized carbons (Fsp3) is 0.619. The van der Waals surface area contributed by atoms with Gasteiger partial charge in [-0.2, -0.15) is 0 Å². The van der Waals surface area contributed by atoms with E-state index in [1.165, 1.54) is 0 Å². The Morgan fingerprint density at radius 3 is 2.50 bits per heavy atom. The molecule has 1 aromatic carbocycles. The van der Waals surface area contributed by atoms with Gasteiger partial charge in [0.25, 0.3) is 0 Å². The highest BCUT2D eigenvalue weighted by molar-refractivity contribution is 6.04. The fourth-order valence-electron chi connectivity index (χ4n) is 3.78. The zero-order chi connectivity index (χ0) is 20.3. The Hall–Kier alpha value is -2.28. The van der Waals surface area contributed by atoms with Crippen LogP contribution in [0.15, 0.2) is 12.1 Å². The van der Waals surface area contributed by atoms with Gasteiger partial charge in [-0.05, 0) is 56.4 Å². The number of nitrogens with zero attached hydrogens (tertiary/aromatic N) is 1. The van der Waals surface area contributed by atoms with E-state index in [4.69, 9.17) is 14.2 Å². The molecule has 0 radical (unpaired) electrons. The van der Waals surface area contributed by atoms with Crippen molar-refractivity contribution in [2.75, 3.05) is 33.9 Å². The summed E-state index contributed by atoms with van der Waals surface area (Å²) < 4.78 is 16.3. The molecule has 0 bridgehead atoms. The number of carbonyl (C=O) groups is 2. The lowest BCUT2D eigenvalue weighted by Crippen LogP contribution is -2.51. The maximum absolute atomic E-state index is 13.1. The Kier molecular flexibility index (Phi) is 6.13. The average Bonchev–Trinajstić information content (AvgIpc) is 3.23. The number of rotatable bonds is 6. The zero-order valence-electron chi connectivity index (χ0n) is 17.2. The first-order valence-electron chi connectivity index (χ1n) is 9.80. The lowest BCUT2D eigenvalue weighted by Gasteiger charge is -2.35. The maximum Gasteiger partial charge on any atom is 0.238 e. The van der Waals surface area contributed by atoms with E-state index in [2.05, 4.69) is 5.32 Å². The van der Waals surface area contributed by atoms with Gasteiger partial charge in [0.15, 0.2) is 11.5 Å². The summed E-state index contributed by atoms with van der Waals surface area (Å²) in [5.74, 6) is 0.905. The van der Waals surface area contributed by atoms with E-state index in [-0.39, 0.29) is 17.9 Å². The number of fused-ring (bicyclic) bond motifs is 1. The van der Waals surface area contributed by atoms with Crippen LogP contribution in [0.25, 0.3) is 0 Å². The molecule has 2 heterocycles. The topological polar surface area (TPSA) is 77.1 Å². The third-order valence-corrected chi connectivity index (χ3v) is 5.62. The van der Waals surface area contributed by atoms with Gasteiger partial charge < -0.3 is 24.4 Å². The number of nitrogens with one attached hydrogen (secondary N) is 1. The molecule has 7 heteroatoms. The van der Waals surface area contributed by atoms with Gasteiger partial charge in [0.1, 0.15) is 5.41 Å². The highest BCUT2D eigenvalue weighted by Gasteiger charge is 2.40. The number of benzene rings is 1. The fourth-order valence-corrected chi connectivity index (χ4v) is 3.78. The van der Waals surface area contributed by atoms with Gasteiger partial charge in [0.05, 0.1) is 20.3 Å². The molecule has 154 valence electrons. The summed E-state index contributed by atoms with van der Waals surface area (Å²) >= 11 is 0. The van der Waals surface area contributed by atoms with Crippen molar-refractivity contribution >= 4 is 11.8 Å². The zero-order valence-corrected chi connectivity index (χ0v) is 17.2. The van der Waals surface area contributed by atoms with Gasteiger partial charge in [-0.1, -0.05) is 0 Å². The number of hydrogen-bond acceptors (Lipinski definition) is 5. The molecule has 28 heavy (non-hydrogen) atoms. The van der Waals surface area contributed by atoms with Crippen molar-refractivity contribution in [1.82, 2.24) is 10.2 Å². The largest absolute Gasteiger partial charge is 0.493 e. The van der Waals surface area contributed by atoms with Crippen LogP contribution >= 0.6 is 0 Å². The van der Waals surface area contributed by atoms with Crippen LogP contribution in [0.2, 0.25) is 0 Å². The predicted molar refractivity (Wildman–Crippen MR) is 104 cm³/mol. The molecule has 1 atom stereocenters. The summed E-state index contributed by atoms with van der Waals surface area (Å²) in [5.41, 5.74) is 1.03. The van der Waals surface area contributed by atoms with E-state index in [0.29, 0.717) is 31.1 Å². The summed E-state index contributed by atoms with van der Waals surface area (Å²) in [5, 5.41) is 2.89. The van der Waals surface area contributed by atoms with Crippen molar-refractivity contribution < 1.29 is 23.8 Å². The van der Waals surface area contributed by atoms with Crippen molar-refractivity contribution in [3.8, 4) is 11.5 Å². The van der Waals surface area contributed by atoms with Crippen LogP contribution in [0.5, 0.6) is 11.5 Å². The van der Waals surface area contributed by atoms with Gasteiger partial charge in [-0.15, -0.1) is 0 Å². The quantitative estimate of drug-likeness (QED) is 0.751. The summed E-state index contributed by atoms with van der Waals surface area (Å²) in [7, 11) is 3.21. The van der Waals surface area contributed by atoms with Gasteiger partial charge >= 0.3 is 0 Å². The van der Waals surface area contributed by atoms with Gasteiger partial charge in [0.2, 0.25) is 11.8 Å². The molecule has 0 saturated carbocycles. The van der Waals surface area contributed by atoms with Crippen molar-refractivity contribution in [2.45, 2.75) is 45.8 Å². The van der Waals surface area contributed by atoms with E-state index < -0.39 is 5.41 Å². The SMILES string of the molecule is COc1cc2c(cc1OC)CN(C(=O)C(C)(C)C(=O)NCC1CCCO1)CC2. The van der Waals surface area contributed by atoms with Crippen LogP contribution in [0.4, 0.5) is 0 Å². The highest BCUT2D eigenvalue weighted by atomic mass is 16.5. The number of ether oxygens (including phenoxy) is 3. The second kappa shape index (κ2) is 8.39. The lowest BCUT2D eigenvalue weighted by atomic mass is 9.88. The smallest absolute Gasteiger partial charge is 0.238 e. The van der Waals surface area contributed by atoms with Gasteiger partial charge in [-0.25, -0.2) is 0 Å². The highest BCUT2D eigenvalue weighted by Crippen LogP contribution is 2.34. The average molecular weight is 390 g/mol. The second-order valence-corrected chi connectivity index (χ2v) is 7.92. The van der Waals surface area contributed by atoms with Crippen molar-refractivity contribution in [2.24, 2.45) is 5.41 Å². The summed E-state index contributed by atoms with van der Waals surface area (Å²) in [4.78, 5) is 27.6. The Labute approximate surface area is 166 Å². The molecule has 1 unspecified atom stereocenters. The van der Waals surface area contributed by atoms with Crippen LogP contribution < -0.4 is 14.8 Å². The minimum Gasteiger partial charge on any atom is -0.493 e. The van der Waals surface area contributed by atoms with Crippen LogP contribution in [0.3, 0.4) is 0 Å². The maximum atomic E-state index is 13.1. The molecule has 2 aliphatic rings. The molecule has 0 aliphatic carbocycles. The monoisotopic (exact) mass is 390 g/mol. The molecule has 7 nitrogen and oxygen atoms in total. The first-order chi connectivity index (χ1) is 13.4. The minimum atomic E-state index is -1.13. The molecule has 2 amide bonds. The van der Waals surface area contributed by atoms with E-state index in [9.17, 15) is 9.59 Å². The molecule has 0 spiro atoms. The molecule has 1 N–H and O–H groups in total. The second-order valence-electron chi connectivity index (χ2n) is 7.92. The molecule has 1 aromatic rings. The molecule has 1 fully saturated rings. The number of hydrogen-bond donors (Lipinski definition) is 1. The van der Waals surface area contributed by atoms with Crippen molar-refractivity contribution in [1.29, 1.82) is 0 Å². The third-order valence-electron chi connectivity index (χ3n) is 5.62. The van der Waals surface area contributed by atoms with E-state index in [1.54, 1.807) is 33.0 Å². The van der Waals surface area contributed by atoms with E-state index in [1.807, 2.05) is 12.1 Å². The predicted octanol–water partition coefficient (Wildman–Crippen LogP) is 1.91. The third kappa shape index (κ3) is 4.09. The summed E-state index contributed by atoms with van der Waals surface area (Å²) in [6.07, 6.45) is 2.74. The van der Waals surface area contributed by atoms with Gasteiger partial charge in [-0.3, -0.25) is 9.59 Å². The van der Waals surface area contributed by atoms with E-state index in [0.717, 1.165) is 37.0 Å². The summed E-state index contributed by atoms with van der Waals surface area (Å²) in [6, 6.07) is 3.88. The van der Waals surface area contributed by atoms with Crippen LogP contribution in [0, 0.1) is 5.41 Å². The Morgan fingerprint density at radius 2 is 1.89 bits per heavy atom. The Morgan fingerprint density at radius 1 is 1.21 bits per heavy atom. The molecular weight excluding hydrogens is 360 g/mol. The van der Waals surface area contributed by atoms with Crippen molar-refractivity contribution in [3.05, 3.63) is 23.3 Å². The Balaban J connectivity index is 1.67.